The van der Waals surface area contributed by atoms with Crippen molar-refractivity contribution in [3.05, 3.63) is 17.2 Å². The Balaban J connectivity index is 1.80. The van der Waals surface area contributed by atoms with Crippen LogP contribution in [0.1, 0.15) is 81.9 Å². The molecule has 0 saturated heterocycles. The lowest BCUT2D eigenvalue weighted by Crippen LogP contribution is -2.14. The number of nitrogens with zero attached hydrogens (tertiary/aromatic N) is 1. The summed E-state index contributed by atoms with van der Waals surface area (Å²) in [6, 6.07) is 0. The molecular formula is C16H26N2. The minimum absolute atomic E-state index is 0.649. The van der Waals surface area contributed by atoms with Gasteiger partial charge in [0.2, 0.25) is 0 Å². The highest BCUT2D eigenvalue weighted by Gasteiger charge is 2.28. The number of rotatable bonds is 1. The Kier molecular flexibility index (Phi) is 3.21. The summed E-state index contributed by atoms with van der Waals surface area (Å²) in [6.45, 7) is 7.08. The first-order chi connectivity index (χ1) is 8.63. The standard InChI is InChI=1S/C16H26N2/c1-10-4-6-13(7-5-10)16-17-14-9-11(2)8-12(3)15(14)18-16/h10-13H,4-9H2,1-3H3,(H,17,18). The Bertz CT molecular complexity index is 413. The Hall–Kier alpha value is -0.790. The Morgan fingerprint density at radius 2 is 1.72 bits per heavy atom. The molecule has 2 nitrogen and oxygen atoms in total. The van der Waals surface area contributed by atoms with E-state index in [1.807, 2.05) is 0 Å². The molecule has 1 N–H and O–H groups in total. The Labute approximate surface area is 111 Å². The van der Waals surface area contributed by atoms with Crippen LogP contribution in [-0.4, -0.2) is 9.97 Å². The number of imidazole rings is 1. The highest BCUT2D eigenvalue weighted by molar-refractivity contribution is 5.23. The van der Waals surface area contributed by atoms with Gasteiger partial charge in [-0.05, 0) is 37.5 Å². The fourth-order valence-electron chi connectivity index (χ4n) is 3.88. The van der Waals surface area contributed by atoms with Crippen LogP contribution in [-0.2, 0) is 6.42 Å². The molecule has 0 spiro atoms. The molecule has 0 aromatic carbocycles. The van der Waals surface area contributed by atoms with Gasteiger partial charge in [0.15, 0.2) is 0 Å². The second-order valence-corrected chi connectivity index (χ2v) is 6.89. The van der Waals surface area contributed by atoms with E-state index in [0.717, 1.165) is 11.8 Å². The highest BCUT2D eigenvalue weighted by atomic mass is 15.0. The molecule has 0 radical (unpaired) electrons. The van der Waals surface area contributed by atoms with Crippen LogP contribution in [0.2, 0.25) is 0 Å². The van der Waals surface area contributed by atoms with Gasteiger partial charge in [-0.3, -0.25) is 0 Å². The predicted octanol–water partition coefficient (Wildman–Crippen LogP) is 4.39. The van der Waals surface area contributed by atoms with Crippen LogP contribution in [0.4, 0.5) is 0 Å². The van der Waals surface area contributed by atoms with Gasteiger partial charge >= 0.3 is 0 Å². The minimum atomic E-state index is 0.649. The summed E-state index contributed by atoms with van der Waals surface area (Å²) >= 11 is 0. The quantitative estimate of drug-likeness (QED) is 0.782. The van der Waals surface area contributed by atoms with Crippen LogP contribution in [0.25, 0.3) is 0 Å². The maximum Gasteiger partial charge on any atom is 0.109 e. The fourth-order valence-corrected chi connectivity index (χ4v) is 3.88. The van der Waals surface area contributed by atoms with Crippen molar-refractivity contribution in [3.8, 4) is 0 Å². The summed E-state index contributed by atoms with van der Waals surface area (Å²) in [5.74, 6) is 4.38. The molecule has 1 heterocycles. The average Bonchev–Trinajstić information content (AvgIpc) is 2.74. The lowest BCUT2D eigenvalue weighted by atomic mass is 9.83. The van der Waals surface area contributed by atoms with Crippen molar-refractivity contribution in [1.82, 2.24) is 9.97 Å². The van der Waals surface area contributed by atoms with Gasteiger partial charge in [0.1, 0.15) is 5.82 Å². The number of H-pyrrole nitrogens is 1. The molecule has 1 saturated carbocycles. The van der Waals surface area contributed by atoms with Gasteiger partial charge in [0.25, 0.3) is 0 Å². The van der Waals surface area contributed by atoms with E-state index in [4.69, 9.17) is 4.98 Å². The van der Waals surface area contributed by atoms with Gasteiger partial charge in [-0.15, -0.1) is 0 Å². The molecule has 2 aliphatic rings. The number of hydrogen-bond acceptors (Lipinski definition) is 1. The van der Waals surface area contributed by atoms with Crippen molar-refractivity contribution in [2.45, 2.75) is 71.1 Å². The van der Waals surface area contributed by atoms with Gasteiger partial charge < -0.3 is 4.98 Å². The molecule has 3 rings (SSSR count). The van der Waals surface area contributed by atoms with E-state index < -0.39 is 0 Å². The van der Waals surface area contributed by atoms with Gasteiger partial charge in [-0.25, -0.2) is 4.98 Å². The van der Waals surface area contributed by atoms with Crippen molar-refractivity contribution in [2.75, 3.05) is 0 Å². The lowest BCUT2D eigenvalue weighted by Gasteiger charge is -2.24. The molecule has 1 aromatic rings. The van der Waals surface area contributed by atoms with Crippen molar-refractivity contribution in [1.29, 1.82) is 0 Å². The molecule has 2 aliphatic carbocycles. The van der Waals surface area contributed by atoms with Crippen LogP contribution < -0.4 is 0 Å². The molecule has 0 aliphatic heterocycles. The second-order valence-electron chi connectivity index (χ2n) is 6.89. The van der Waals surface area contributed by atoms with Crippen LogP contribution in [0.5, 0.6) is 0 Å². The summed E-state index contributed by atoms with van der Waals surface area (Å²) in [5, 5.41) is 0. The summed E-state index contributed by atoms with van der Waals surface area (Å²) in [4.78, 5) is 8.63. The summed E-state index contributed by atoms with van der Waals surface area (Å²) in [5.41, 5.74) is 2.82. The second kappa shape index (κ2) is 4.71. The van der Waals surface area contributed by atoms with Gasteiger partial charge in [0, 0.05) is 17.5 Å². The van der Waals surface area contributed by atoms with E-state index in [-0.39, 0.29) is 0 Å². The number of aromatic nitrogens is 2. The lowest BCUT2D eigenvalue weighted by molar-refractivity contribution is 0.340. The number of nitrogens with one attached hydrogen (secondary N) is 1. The predicted molar refractivity (Wildman–Crippen MR) is 74.9 cm³/mol. The third-order valence-electron chi connectivity index (χ3n) is 5.01. The Morgan fingerprint density at radius 3 is 2.44 bits per heavy atom. The largest absolute Gasteiger partial charge is 0.345 e. The van der Waals surface area contributed by atoms with E-state index in [0.29, 0.717) is 11.8 Å². The van der Waals surface area contributed by atoms with Gasteiger partial charge in [0.05, 0.1) is 5.69 Å². The zero-order valence-electron chi connectivity index (χ0n) is 12.0. The molecule has 18 heavy (non-hydrogen) atoms. The van der Waals surface area contributed by atoms with Crippen LogP contribution >= 0.6 is 0 Å². The molecular weight excluding hydrogens is 220 g/mol. The molecule has 2 atom stereocenters. The normalized spacial score (nSPS) is 36.4. The van der Waals surface area contributed by atoms with Crippen LogP contribution in [0.15, 0.2) is 0 Å². The minimum Gasteiger partial charge on any atom is -0.345 e. The number of aromatic amines is 1. The smallest absolute Gasteiger partial charge is 0.109 e. The van der Waals surface area contributed by atoms with Gasteiger partial charge in [-0.2, -0.15) is 0 Å². The molecule has 0 amide bonds. The summed E-state index contributed by atoms with van der Waals surface area (Å²) < 4.78 is 0. The van der Waals surface area contributed by atoms with Crippen molar-refractivity contribution in [3.63, 3.8) is 0 Å². The van der Waals surface area contributed by atoms with E-state index in [1.165, 1.54) is 55.7 Å². The van der Waals surface area contributed by atoms with E-state index >= 15 is 0 Å². The average molecular weight is 246 g/mol. The van der Waals surface area contributed by atoms with E-state index in [9.17, 15) is 0 Å². The monoisotopic (exact) mass is 246 g/mol. The highest BCUT2D eigenvalue weighted by Crippen LogP contribution is 2.38. The molecule has 1 fully saturated rings. The van der Waals surface area contributed by atoms with Crippen molar-refractivity contribution >= 4 is 0 Å². The molecule has 0 bridgehead atoms. The molecule has 1 aromatic heterocycles. The first kappa shape index (κ1) is 12.3. The van der Waals surface area contributed by atoms with Crippen molar-refractivity contribution in [2.24, 2.45) is 11.8 Å². The SMILES string of the molecule is CC1CCC(c2nc3c([nH]2)CC(C)CC3C)CC1. The fraction of sp³-hybridized carbons (Fsp3) is 0.812. The van der Waals surface area contributed by atoms with E-state index in [1.54, 1.807) is 0 Å². The third-order valence-corrected chi connectivity index (χ3v) is 5.01. The zero-order valence-corrected chi connectivity index (χ0v) is 12.0. The number of hydrogen-bond donors (Lipinski definition) is 1. The molecule has 2 unspecified atom stereocenters. The van der Waals surface area contributed by atoms with Crippen molar-refractivity contribution < 1.29 is 0 Å². The number of fused-ring (bicyclic) bond motifs is 1. The maximum atomic E-state index is 4.96. The first-order valence-corrected chi connectivity index (χ1v) is 7.72. The van der Waals surface area contributed by atoms with Gasteiger partial charge in [-0.1, -0.05) is 33.6 Å². The van der Waals surface area contributed by atoms with E-state index in [2.05, 4.69) is 25.8 Å². The zero-order chi connectivity index (χ0) is 12.7. The maximum absolute atomic E-state index is 4.96. The van der Waals surface area contributed by atoms with Crippen LogP contribution in [0, 0.1) is 11.8 Å². The third kappa shape index (κ3) is 2.22. The summed E-state index contributed by atoms with van der Waals surface area (Å²) in [7, 11) is 0. The summed E-state index contributed by atoms with van der Waals surface area (Å²) in [6.07, 6.45) is 7.92. The topological polar surface area (TPSA) is 28.7 Å². The molecule has 2 heteroatoms. The molecule has 100 valence electrons. The van der Waals surface area contributed by atoms with Crippen LogP contribution in [0.3, 0.4) is 0 Å². The Morgan fingerprint density at radius 1 is 1.00 bits per heavy atom. The first-order valence-electron chi connectivity index (χ1n) is 7.72.